The Labute approximate surface area is 85.6 Å². The zero-order chi connectivity index (χ0) is 10.8. The summed E-state index contributed by atoms with van der Waals surface area (Å²) >= 11 is 0. The number of carbonyl (C=O) groups excluding carboxylic acids is 1. The fourth-order valence-corrected chi connectivity index (χ4v) is 1.22. The third-order valence-electron chi connectivity index (χ3n) is 2.09. The van der Waals surface area contributed by atoms with Crippen molar-refractivity contribution >= 4 is 6.29 Å². The molecule has 0 aromatic carbocycles. The van der Waals surface area contributed by atoms with Gasteiger partial charge in [-0.2, -0.15) is 5.10 Å². The highest BCUT2D eigenvalue weighted by molar-refractivity contribution is 5.73. The van der Waals surface area contributed by atoms with E-state index >= 15 is 0 Å². The van der Waals surface area contributed by atoms with Crippen LogP contribution >= 0.6 is 0 Å². The fraction of sp³-hybridized carbons (Fsp3) is 0.100. The van der Waals surface area contributed by atoms with Crippen LogP contribution in [0.25, 0.3) is 5.69 Å². The molecular weight excluding hydrogens is 194 g/mol. The molecule has 5 heteroatoms. The van der Waals surface area contributed by atoms with Gasteiger partial charge in [0.2, 0.25) is 0 Å². The Hall–Kier alpha value is -2.17. The van der Waals surface area contributed by atoms with Crippen molar-refractivity contribution in [2.24, 2.45) is 7.05 Å². The van der Waals surface area contributed by atoms with Crippen molar-refractivity contribution < 1.29 is 4.79 Å². The molecule has 0 aliphatic rings. The molecule has 0 unspecified atom stereocenters. The van der Waals surface area contributed by atoms with E-state index in [1.165, 1.54) is 21.5 Å². The number of carbonyl (C=O) groups is 1. The number of pyridine rings is 1. The van der Waals surface area contributed by atoms with E-state index in [0.717, 1.165) is 0 Å². The first-order valence-electron chi connectivity index (χ1n) is 4.37. The quantitative estimate of drug-likeness (QED) is 0.663. The van der Waals surface area contributed by atoms with Crippen LogP contribution in [0.2, 0.25) is 0 Å². The van der Waals surface area contributed by atoms with Gasteiger partial charge in [0.05, 0.1) is 17.4 Å². The highest BCUT2D eigenvalue weighted by Crippen LogP contribution is 2.03. The number of aldehydes is 1. The lowest BCUT2D eigenvalue weighted by Crippen LogP contribution is -2.15. The second-order valence-corrected chi connectivity index (χ2v) is 3.17. The normalized spacial score (nSPS) is 10.2. The molecule has 0 aliphatic heterocycles. The van der Waals surface area contributed by atoms with Gasteiger partial charge < -0.3 is 4.57 Å². The van der Waals surface area contributed by atoms with Crippen LogP contribution in [0.3, 0.4) is 0 Å². The predicted octanol–water partition coefficient (Wildman–Crippen LogP) is 0.383. The summed E-state index contributed by atoms with van der Waals surface area (Å²) in [7, 11) is 1.67. The van der Waals surface area contributed by atoms with Gasteiger partial charge in [0.1, 0.15) is 0 Å². The van der Waals surface area contributed by atoms with Crippen LogP contribution in [-0.2, 0) is 7.05 Å². The van der Waals surface area contributed by atoms with Crippen molar-refractivity contribution in [3.05, 3.63) is 46.6 Å². The Balaban J connectivity index is 2.49. The molecule has 0 saturated carbocycles. The van der Waals surface area contributed by atoms with E-state index in [1.807, 2.05) is 0 Å². The van der Waals surface area contributed by atoms with Crippen molar-refractivity contribution in [1.82, 2.24) is 14.3 Å². The third-order valence-corrected chi connectivity index (χ3v) is 2.09. The molecule has 15 heavy (non-hydrogen) atoms. The van der Waals surface area contributed by atoms with E-state index < -0.39 is 0 Å². The van der Waals surface area contributed by atoms with Crippen LogP contribution in [0.4, 0.5) is 0 Å². The maximum absolute atomic E-state index is 11.3. The summed E-state index contributed by atoms with van der Waals surface area (Å²) in [4.78, 5) is 21.8. The first-order valence-corrected chi connectivity index (χ1v) is 4.37. The van der Waals surface area contributed by atoms with E-state index in [9.17, 15) is 9.59 Å². The number of hydrogen-bond acceptors (Lipinski definition) is 3. The number of hydrogen-bond donors (Lipinski definition) is 0. The predicted molar refractivity (Wildman–Crippen MR) is 54.2 cm³/mol. The number of aryl methyl sites for hydroxylation is 1. The van der Waals surface area contributed by atoms with Gasteiger partial charge in [-0.05, 0) is 6.07 Å². The lowest BCUT2D eigenvalue weighted by Gasteiger charge is -2.01. The first-order chi connectivity index (χ1) is 7.20. The van der Waals surface area contributed by atoms with Gasteiger partial charge in [0.25, 0.3) is 5.56 Å². The van der Waals surface area contributed by atoms with Crippen LogP contribution in [0.5, 0.6) is 0 Å². The molecule has 0 spiro atoms. The van der Waals surface area contributed by atoms with Crippen LogP contribution in [-0.4, -0.2) is 20.6 Å². The van der Waals surface area contributed by atoms with Gasteiger partial charge >= 0.3 is 0 Å². The zero-order valence-corrected chi connectivity index (χ0v) is 8.12. The molecule has 2 aromatic heterocycles. The lowest BCUT2D eigenvalue weighted by molar-refractivity contribution is 0.112. The summed E-state index contributed by atoms with van der Waals surface area (Å²) in [5.74, 6) is 0. The van der Waals surface area contributed by atoms with Crippen LogP contribution in [0.1, 0.15) is 10.4 Å². The fourth-order valence-electron chi connectivity index (χ4n) is 1.22. The van der Waals surface area contributed by atoms with Gasteiger partial charge in [-0.15, -0.1) is 0 Å². The topological polar surface area (TPSA) is 56.9 Å². The molecule has 76 valence electrons. The number of rotatable bonds is 2. The molecule has 5 nitrogen and oxygen atoms in total. The summed E-state index contributed by atoms with van der Waals surface area (Å²) in [6.07, 6.45) is 5.39. The average molecular weight is 203 g/mol. The van der Waals surface area contributed by atoms with Crippen LogP contribution in [0, 0.1) is 0 Å². The summed E-state index contributed by atoms with van der Waals surface area (Å²) < 4.78 is 2.96. The Morgan fingerprint density at radius 1 is 1.47 bits per heavy atom. The Morgan fingerprint density at radius 2 is 2.27 bits per heavy atom. The summed E-state index contributed by atoms with van der Waals surface area (Å²) in [5.41, 5.74) is 1.01. The van der Waals surface area contributed by atoms with Crippen molar-refractivity contribution in [3.63, 3.8) is 0 Å². The van der Waals surface area contributed by atoms with E-state index in [2.05, 4.69) is 5.10 Å². The monoisotopic (exact) mass is 203 g/mol. The van der Waals surface area contributed by atoms with Crippen molar-refractivity contribution in [3.8, 4) is 5.69 Å². The standard InChI is InChI=1S/C10H9N3O2/c1-12-3-2-9(4-10(12)15)13-6-8(7-14)5-11-13/h2-7H,1H3. The molecule has 0 amide bonds. The second kappa shape index (κ2) is 3.53. The largest absolute Gasteiger partial charge is 0.318 e. The minimum Gasteiger partial charge on any atom is -0.318 e. The smallest absolute Gasteiger partial charge is 0.252 e. The van der Waals surface area contributed by atoms with E-state index in [0.29, 0.717) is 17.5 Å². The molecule has 2 rings (SSSR count). The summed E-state index contributed by atoms with van der Waals surface area (Å²) in [5, 5.41) is 3.97. The van der Waals surface area contributed by atoms with Gasteiger partial charge in [-0.3, -0.25) is 9.59 Å². The van der Waals surface area contributed by atoms with Gasteiger partial charge in [0.15, 0.2) is 6.29 Å². The maximum Gasteiger partial charge on any atom is 0.252 e. The number of aromatic nitrogens is 3. The lowest BCUT2D eigenvalue weighted by atomic mass is 10.4. The Morgan fingerprint density at radius 3 is 2.87 bits per heavy atom. The third kappa shape index (κ3) is 1.71. The second-order valence-electron chi connectivity index (χ2n) is 3.17. The van der Waals surface area contributed by atoms with Crippen molar-refractivity contribution in [2.45, 2.75) is 0 Å². The molecular formula is C10H9N3O2. The minimum absolute atomic E-state index is 0.115. The molecule has 0 atom stereocenters. The first kappa shape index (κ1) is 9.39. The van der Waals surface area contributed by atoms with Crippen molar-refractivity contribution in [1.29, 1.82) is 0 Å². The van der Waals surface area contributed by atoms with E-state index in [1.54, 1.807) is 25.5 Å². The summed E-state index contributed by atoms with van der Waals surface area (Å²) in [6, 6.07) is 3.21. The van der Waals surface area contributed by atoms with Gasteiger partial charge in [-0.1, -0.05) is 0 Å². The van der Waals surface area contributed by atoms with E-state index in [4.69, 9.17) is 0 Å². The SMILES string of the molecule is Cn1ccc(-n2cc(C=O)cn2)cc1=O. The molecule has 0 fully saturated rings. The molecule has 0 radical (unpaired) electrons. The average Bonchev–Trinajstić information content (AvgIpc) is 2.70. The van der Waals surface area contributed by atoms with Crippen LogP contribution < -0.4 is 5.56 Å². The minimum atomic E-state index is -0.115. The van der Waals surface area contributed by atoms with Crippen molar-refractivity contribution in [2.75, 3.05) is 0 Å². The highest BCUT2D eigenvalue weighted by Gasteiger charge is 2.01. The molecule has 0 aliphatic carbocycles. The Bertz CT molecular complexity index is 554. The highest BCUT2D eigenvalue weighted by atomic mass is 16.1. The molecule has 2 heterocycles. The number of nitrogens with zero attached hydrogens (tertiary/aromatic N) is 3. The summed E-state index contributed by atoms with van der Waals surface area (Å²) in [6.45, 7) is 0. The van der Waals surface area contributed by atoms with Gasteiger partial charge in [-0.25, -0.2) is 4.68 Å². The van der Waals surface area contributed by atoms with Gasteiger partial charge in [0, 0.05) is 25.5 Å². The van der Waals surface area contributed by atoms with Crippen LogP contribution in [0.15, 0.2) is 35.5 Å². The zero-order valence-electron chi connectivity index (χ0n) is 8.12. The molecule has 2 aromatic rings. The molecule has 0 saturated heterocycles. The van der Waals surface area contributed by atoms with E-state index in [-0.39, 0.29) is 5.56 Å². The molecule has 0 bridgehead atoms. The maximum atomic E-state index is 11.3. The molecule has 0 N–H and O–H groups in total. The Kier molecular flexibility index (Phi) is 2.21.